The average Bonchev–Trinajstić information content (AvgIpc) is 2.85. The van der Waals surface area contributed by atoms with Gasteiger partial charge < -0.3 is 10.6 Å². The van der Waals surface area contributed by atoms with Gasteiger partial charge in [-0.15, -0.1) is 0 Å². The number of amides is 2. The summed E-state index contributed by atoms with van der Waals surface area (Å²) in [5.74, 6) is -0.205. The average molecular weight is 297 g/mol. The van der Waals surface area contributed by atoms with E-state index >= 15 is 0 Å². The molecule has 1 aliphatic carbocycles. The predicted molar refractivity (Wildman–Crippen MR) is 70.3 cm³/mol. The largest absolute Gasteiger partial charge is 0.416 e. The van der Waals surface area contributed by atoms with Gasteiger partial charge >= 0.3 is 12.2 Å². The van der Waals surface area contributed by atoms with Crippen LogP contribution < -0.4 is 10.6 Å². The fourth-order valence-electron chi connectivity index (χ4n) is 2.37. The van der Waals surface area contributed by atoms with Crippen LogP contribution in [-0.4, -0.2) is 12.1 Å². The van der Waals surface area contributed by atoms with E-state index in [2.05, 4.69) is 16.7 Å². The molecule has 4 nitrogen and oxygen atoms in total. The standard InChI is InChI=1S/C14H14F3N3O/c15-14(16,17)10-4-6-11(7-5-10)19-13(21)20-12-3-1-2-9(12)8-18/h4-7,9,12H,1-3H2,(H2,19,20,21). The van der Waals surface area contributed by atoms with Crippen LogP contribution in [0.15, 0.2) is 24.3 Å². The van der Waals surface area contributed by atoms with Crippen LogP contribution in [0.2, 0.25) is 0 Å². The molecule has 0 bridgehead atoms. The Kier molecular flexibility index (Phi) is 4.36. The highest BCUT2D eigenvalue weighted by molar-refractivity contribution is 5.89. The first-order valence-electron chi connectivity index (χ1n) is 6.54. The molecule has 0 aromatic heterocycles. The molecule has 0 radical (unpaired) electrons. The SMILES string of the molecule is N#CC1CCCC1NC(=O)Nc1ccc(C(F)(F)F)cc1. The highest BCUT2D eigenvalue weighted by Gasteiger charge is 2.30. The molecular formula is C14H14F3N3O. The molecule has 0 heterocycles. The molecule has 0 spiro atoms. The third kappa shape index (κ3) is 3.88. The van der Waals surface area contributed by atoms with E-state index in [0.29, 0.717) is 0 Å². The minimum atomic E-state index is -4.40. The van der Waals surface area contributed by atoms with E-state index in [4.69, 9.17) is 5.26 Å². The fourth-order valence-corrected chi connectivity index (χ4v) is 2.37. The van der Waals surface area contributed by atoms with Crippen molar-refractivity contribution < 1.29 is 18.0 Å². The number of rotatable bonds is 2. The summed E-state index contributed by atoms with van der Waals surface area (Å²) in [4.78, 5) is 11.8. The van der Waals surface area contributed by atoms with Crippen molar-refractivity contribution >= 4 is 11.7 Å². The number of hydrogen-bond donors (Lipinski definition) is 2. The van der Waals surface area contributed by atoms with E-state index in [-0.39, 0.29) is 17.6 Å². The van der Waals surface area contributed by atoms with Crippen LogP contribution in [0.5, 0.6) is 0 Å². The maximum Gasteiger partial charge on any atom is 0.416 e. The van der Waals surface area contributed by atoms with Crippen molar-refractivity contribution in [2.24, 2.45) is 5.92 Å². The van der Waals surface area contributed by atoms with Crippen molar-refractivity contribution in [3.8, 4) is 6.07 Å². The van der Waals surface area contributed by atoms with Crippen LogP contribution in [0.25, 0.3) is 0 Å². The van der Waals surface area contributed by atoms with Crippen LogP contribution in [0.1, 0.15) is 24.8 Å². The topological polar surface area (TPSA) is 64.9 Å². The summed E-state index contributed by atoms with van der Waals surface area (Å²) in [6.45, 7) is 0. The van der Waals surface area contributed by atoms with Crippen LogP contribution in [-0.2, 0) is 6.18 Å². The lowest BCUT2D eigenvalue weighted by Gasteiger charge is -2.16. The molecule has 2 unspecified atom stereocenters. The normalized spacial score (nSPS) is 21.6. The molecular weight excluding hydrogens is 283 g/mol. The zero-order chi connectivity index (χ0) is 15.5. The van der Waals surface area contributed by atoms with Crippen LogP contribution >= 0.6 is 0 Å². The molecule has 112 valence electrons. The first kappa shape index (κ1) is 15.2. The first-order valence-corrected chi connectivity index (χ1v) is 6.54. The van der Waals surface area contributed by atoms with Crippen LogP contribution in [0.3, 0.4) is 0 Å². The lowest BCUT2D eigenvalue weighted by Crippen LogP contribution is -2.39. The molecule has 1 fully saturated rings. The third-order valence-corrected chi connectivity index (χ3v) is 3.47. The highest BCUT2D eigenvalue weighted by Crippen LogP contribution is 2.30. The van der Waals surface area contributed by atoms with E-state index in [0.717, 1.165) is 31.4 Å². The number of halogens is 3. The molecule has 21 heavy (non-hydrogen) atoms. The number of nitrogens with one attached hydrogen (secondary N) is 2. The number of carbonyl (C=O) groups is 1. The lowest BCUT2D eigenvalue weighted by molar-refractivity contribution is -0.137. The minimum Gasteiger partial charge on any atom is -0.334 e. The molecule has 1 saturated carbocycles. The molecule has 0 saturated heterocycles. The smallest absolute Gasteiger partial charge is 0.334 e. The molecule has 2 atom stereocenters. The summed E-state index contributed by atoms with van der Waals surface area (Å²) >= 11 is 0. The van der Waals surface area contributed by atoms with E-state index in [9.17, 15) is 18.0 Å². The van der Waals surface area contributed by atoms with Gasteiger partial charge in [-0.2, -0.15) is 18.4 Å². The summed E-state index contributed by atoms with van der Waals surface area (Å²) in [6, 6.07) is 5.62. The number of anilines is 1. The van der Waals surface area contributed by atoms with Gasteiger partial charge in [-0.05, 0) is 43.5 Å². The van der Waals surface area contributed by atoms with Gasteiger partial charge in [-0.25, -0.2) is 4.79 Å². The molecule has 7 heteroatoms. The molecule has 2 rings (SSSR count). The maximum atomic E-state index is 12.4. The molecule has 1 aliphatic rings. The summed E-state index contributed by atoms with van der Waals surface area (Å²) in [5, 5.41) is 14.1. The zero-order valence-corrected chi connectivity index (χ0v) is 11.1. The van der Waals surface area contributed by atoms with Crippen molar-refractivity contribution in [2.75, 3.05) is 5.32 Å². The number of alkyl halides is 3. The Balaban J connectivity index is 1.93. The van der Waals surface area contributed by atoms with Gasteiger partial charge in [0.1, 0.15) is 0 Å². The minimum absolute atomic E-state index is 0.204. The van der Waals surface area contributed by atoms with Gasteiger partial charge in [0, 0.05) is 11.7 Å². The monoisotopic (exact) mass is 297 g/mol. The Bertz CT molecular complexity index is 548. The number of urea groups is 1. The fraction of sp³-hybridized carbons (Fsp3) is 0.429. The number of nitrogens with zero attached hydrogens (tertiary/aromatic N) is 1. The van der Waals surface area contributed by atoms with Gasteiger partial charge in [-0.3, -0.25) is 0 Å². The zero-order valence-electron chi connectivity index (χ0n) is 11.1. The quantitative estimate of drug-likeness (QED) is 0.877. The second-order valence-corrected chi connectivity index (χ2v) is 4.95. The Morgan fingerprint density at radius 2 is 1.90 bits per heavy atom. The summed E-state index contributed by atoms with van der Waals surface area (Å²) in [6.07, 6.45) is -2.03. The predicted octanol–water partition coefficient (Wildman–Crippen LogP) is 3.52. The number of benzene rings is 1. The van der Waals surface area contributed by atoms with Gasteiger partial charge in [0.15, 0.2) is 0 Å². The van der Waals surface area contributed by atoms with Gasteiger partial charge in [0.05, 0.1) is 17.6 Å². The van der Waals surface area contributed by atoms with Gasteiger partial charge in [-0.1, -0.05) is 0 Å². The molecule has 2 N–H and O–H groups in total. The van der Waals surface area contributed by atoms with Crippen LogP contribution in [0, 0.1) is 17.2 Å². The third-order valence-electron chi connectivity index (χ3n) is 3.47. The van der Waals surface area contributed by atoms with E-state index < -0.39 is 17.8 Å². The maximum absolute atomic E-state index is 12.4. The van der Waals surface area contributed by atoms with E-state index in [1.54, 1.807) is 0 Å². The summed E-state index contributed by atoms with van der Waals surface area (Å²) in [7, 11) is 0. The van der Waals surface area contributed by atoms with Crippen molar-refractivity contribution in [3.63, 3.8) is 0 Å². The molecule has 1 aromatic carbocycles. The Morgan fingerprint density at radius 1 is 1.24 bits per heavy atom. The van der Waals surface area contributed by atoms with Crippen molar-refractivity contribution in [2.45, 2.75) is 31.5 Å². The number of carbonyl (C=O) groups excluding carboxylic acids is 1. The lowest BCUT2D eigenvalue weighted by atomic mass is 10.1. The van der Waals surface area contributed by atoms with Gasteiger partial charge in [0.25, 0.3) is 0 Å². The second-order valence-electron chi connectivity index (χ2n) is 4.95. The van der Waals surface area contributed by atoms with Crippen molar-refractivity contribution in [1.82, 2.24) is 5.32 Å². The Hall–Kier alpha value is -2.23. The first-order chi connectivity index (χ1) is 9.90. The molecule has 2 amide bonds. The van der Waals surface area contributed by atoms with E-state index in [1.165, 1.54) is 12.1 Å². The Labute approximate surface area is 119 Å². The van der Waals surface area contributed by atoms with Crippen molar-refractivity contribution in [3.05, 3.63) is 29.8 Å². The Morgan fingerprint density at radius 3 is 2.48 bits per heavy atom. The summed E-state index contributed by atoms with van der Waals surface area (Å²) < 4.78 is 37.2. The molecule has 0 aliphatic heterocycles. The molecule has 1 aromatic rings. The van der Waals surface area contributed by atoms with E-state index in [1.807, 2.05) is 0 Å². The van der Waals surface area contributed by atoms with Gasteiger partial charge in [0.2, 0.25) is 0 Å². The van der Waals surface area contributed by atoms with Crippen molar-refractivity contribution in [1.29, 1.82) is 5.26 Å². The van der Waals surface area contributed by atoms with Crippen LogP contribution in [0.4, 0.5) is 23.7 Å². The highest BCUT2D eigenvalue weighted by atomic mass is 19.4. The number of hydrogen-bond acceptors (Lipinski definition) is 2. The number of nitriles is 1. The second kappa shape index (κ2) is 6.04. The summed E-state index contributed by atoms with van der Waals surface area (Å²) in [5.41, 5.74) is -0.499.